The van der Waals surface area contributed by atoms with Crippen molar-refractivity contribution in [3.05, 3.63) is 64.9 Å². The highest BCUT2D eigenvalue weighted by Gasteiger charge is 2.57. The van der Waals surface area contributed by atoms with E-state index in [0.717, 1.165) is 37.7 Å². The van der Waals surface area contributed by atoms with Crippen molar-refractivity contribution in [3.63, 3.8) is 0 Å². The maximum atomic E-state index is 14.6. The van der Waals surface area contributed by atoms with Crippen LogP contribution in [0.1, 0.15) is 24.8 Å². The molecule has 2 aromatic carbocycles. The van der Waals surface area contributed by atoms with E-state index in [1.54, 1.807) is 0 Å². The van der Waals surface area contributed by atoms with Crippen molar-refractivity contribution in [2.75, 3.05) is 16.3 Å². The molecule has 2 aromatic rings. The van der Waals surface area contributed by atoms with Crippen molar-refractivity contribution < 1.29 is 35.5 Å². The molecule has 2 aliphatic heterocycles. The minimum absolute atomic E-state index is 0.00389. The highest BCUT2D eigenvalue weighted by molar-refractivity contribution is 7.92. The maximum Gasteiger partial charge on any atom is 0.286 e. The van der Waals surface area contributed by atoms with Gasteiger partial charge in [-0.05, 0) is 55.4 Å². The molecular formula is C25H24F2N4O6S2. The first-order valence-electron chi connectivity index (χ1n) is 12.3. The van der Waals surface area contributed by atoms with Gasteiger partial charge < -0.3 is 15.3 Å². The average molecular weight is 579 g/mol. The largest absolute Gasteiger partial charge is 0.511 e. The molecule has 0 radical (unpaired) electrons. The van der Waals surface area contributed by atoms with Crippen molar-refractivity contribution in [1.29, 1.82) is 0 Å². The number of hydrogen-bond acceptors (Lipinski definition) is 7. The van der Waals surface area contributed by atoms with Gasteiger partial charge in [0.1, 0.15) is 16.2 Å². The van der Waals surface area contributed by atoms with Gasteiger partial charge in [-0.1, -0.05) is 12.1 Å². The van der Waals surface area contributed by atoms with Gasteiger partial charge in [-0.25, -0.2) is 17.2 Å². The molecule has 2 heterocycles. The molecule has 0 unspecified atom stereocenters. The van der Waals surface area contributed by atoms with Gasteiger partial charge in [-0.15, -0.1) is 4.40 Å². The first kappa shape index (κ1) is 25.7. The number of nitrogens with zero attached hydrogens (tertiary/aromatic N) is 2. The lowest BCUT2D eigenvalue weighted by Crippen LogP contribution is -2.53. The summed E-state index contributed by atoms with van der Waals surface area (Å²) in [5, 5.41) is 14.2. The summed E-state index contributed by atoms with van der Waals surface area (Å²) in [5.41, 5.74) is -0.338. The summed E-state index contributed by atoms with van der Waals surface area (Å²) < 4.78 is 84.0. The molecule has 4 atom stereocenters. The molecule has 1 amide bonds. The lowest BCUT2D eigenvalue weighted by atomic mass is 9.77. The Bertz CT molecular complexity index is 1710. The van der Waals surface area contributed by atoms with Gasteiger partial charge in [0.15, 0.2) is 17.5 Å². The molecule has 10 nitrogen and oxygen atoms in total. The molecule has 2 fully saturated rings. The topological polar surface area (TPSA) is 145 Å². The van der Waals surface area contributed by atoms with Crippen molar-refractivity contribution in [3.8, 4) is 0 Å². The fourth-order valence-corrected chi connectivity index (χ4v) is 8.15. The van der Waals surface area contributed by atoms with Gasteiger partial charge in [0.2, 0.25) is 10.0 Å². The number of hydrogen-bond donors (Lipinski definition) is 3. The van der Waals surface area contributed by atoms with Crippen LogP contribution in [0.4, 0.5) is 20.2 Å². The van der Waals surface area contributed by atoms with E-state index >= 15 is 0 Å². The Morgan fingerprint density at radius 3 is 2.67 bits per heavy atom. The van der Waals surface area contributed by atoms with Crippen LogP contribution < -0.4 is 10.0 Å². The first-order valence-corrected chi connectivity index (χ1v) is 15.6. The van der Waals surface area contributed by atoms with Crippen molar-refractivity contribution >= 4 is 43.2 Å². The van der Waals surface area contributed by atoms with Crippen LogP contribution in [-0.4, -0.2) is 50.9 Å². The minimum Gasteiger partial charge on any atom is -0.511 e. The van der Waals surface area contributed by atoms with Gasteiger partial charge in [0.05, 0.1) is 11.9 Å². The number of halogens is 2. The van der Waals surface area contributed by atoms with E-state index < -0.39 is 49.5 Å². The molecule has 6 rings (SSSR count). The summed E-state index contributed by atoms with van der Waals surface area (Å²) >= 11 is 0. The van der Waals surface area contributed by atoms with Crippen LogP contribution in [-0.2, 0) is 31.4 Å². The number of sulfonamides is 2. The standard InChI is InChI=1S/C25H24F2N4O6S2/c1-38(34,35)29-15-7-8-17-18(10-15)39(36,37)30-24(28-17)20-23(32)19-12-5-6-13(9-12)22(19)31(25(20)33)11-14-3-2-4-16(26)21(14)27/h2-4,7-8,10,12-13,19,22,29,32H,5-6,9,11H2,1H3,(H,28,30)/t12-,13+,19-,22+/m1/s1. The van der Waals surface area contributed by atoms with E-state index in [4.69, 9.17) is 0 Å². The molecule has 2 aliphatic carbocycles. The lowest BCUT2D eigenvalue weighted by Gasteiger charge is -2.44. The van der Waals surface area contributed by atoms with Crippen molar-refractivity contribution in [2.45, 2.75) is 36.7 Å². The predicted molar refractivity (Wildman–Crippen MR) is 138 cm³/mol. The van der Waals surface area contributed by atoms with Crippen molar-refractivity contribution in [2.24, 2.45) is 22.2 Å². The number of anilines is 2. The quantitative estimate of drug-likeness (QED) is 0.494. The van der Waals surface area contributed by atoms with Gasteiger partial charge in [0.25, 0.3) is 15.9 Å². The van der Waals surface area contributed by atoms with Crippen LogP contribution >= 0.6 is 0 Å². The van der Waals surface area contributed by atoms with E-state index in [1.807, 2.05) is 0 Å². The number of benzene rings is 2. The van der Waals surface area contributed by atoms with Crippen LogP contribution in [0.5, 0.6) is 0 Å². The molecule has 0 saturated heterocycles. The third kappa shape index (κ3) is 4.25. The number of aliphatic hydroxyl groups excluding tert-OH is 1. The van der Waals surface area contributed by atoms with Crippen LogP contribution in [0.3, 0.4) is 0 Å². The zero-order valence-corrected chi connectivity index (χ0v) is 22.2. The normalized spacial score (nSPS) is 27.1. The number of carbonyl (C=O) groups excluding carboxylic acids is 1. The van der Waals surface area contributed by atoms with E-state index in [-0.39, 0.29) is 57.4 Å². The maximum absolute atomic E-state index is 14.6. The highest BCUT2D eigenvalue weighted by atomic mass is 32.2. The van der Waals surface area contributed by atoms with Crippen LogP contribution in [0, 0.1) is 29.4 Å². The van der Waals surface area contributed by atoms with Crippen LogP contribution in [0.2, 0.25) is 0 Å². The van der Waals surface area contributed by atoms with Gasteiger partial charge >= 0.3 is 0 Å². The van der Waals surface area contributed by atoms with E-state index in [1.165, 1.54) is 29.2 Å². The molecule has 39 heavy (non-hydrogen) atoms. The summed E-state index contributed by atoms with van der Waals surface area (Å²) in [6.07, 6.45) is 3.31. The Balaban J connectivity index is 1.42. The summed E-state index contributed by atoms with van der Waals surface area (Å²) in [7, 11) is -8.10. The second kappa shape index (κ2) is 8.74. The van der Waals surface area contributed by atoms with Gasteiger partial charge in [-0.3, -0.25) is 9.52 Å². The number of carbonyl (C=O) groups is 1. The number of fused-ring (bicyclic) bond motifs is 6. The van der Waals surface area contributed by atoms with Gasteiger partial charge in [-0.2, -0.15) is 8.42 Å². The fourth-order valence-electron chi connectivity index (χ4n) is 6.45. The molecule has 0 spiro atoms. The molecule has 14 heteroatoms. The molecule has 3 N–H and O–H groups in total. The van der Waals surface area contributed by atoms with E-state index in [9.17, 15) is 35.5 Å². The predicted octanol–water partition coefficient (Wildman–Crippen LogP) is 3.12. The summed E-state index contributed by atoms with van der Waals surface area (Å²) in [6, 6.07) is 7.02. The first-order chi connectivity index (χ1) is 18.3. The second-order valence-electron chi connectivity index (χ2n) is 10.4. The zero-order valence-electron chi connectivity index (χ0n) is 20.6. The molecule has 4 aliphatic rings. The summed E-state index contributed by atoms with van der Waals surface area (Å²) in [5.74, 6) is -3.92. The Hall–Kier alpha value is -3.52. The van der Waals surface area contributed by atoms with Crippen molar-refractivity contribution in [1.82, 2.24) is 4.90 Å². The molecule has 206 valence electrons. The molecule has 2 saturated carbocycles. The summed E-state index contributed by atoms with van der Waals surface area (Å²) in [6.45, 7) is -0.263. The molecule has 0 aromatic heterocycles. The Labute approximate surface area is 223 Å². The second-order valence-corrected chi connectivity index (χ2v) is 13.7. The van der Waals surface area contributed by atoms with Crippen LogP contribution in [0.25, 0.3) is 0 Å². The average Bonchev–Trinajstić information content (AvgIpc) is 3.46. The number of nitrogens with one attached hydrogen (secondary N) is 2. The molecular weight excluding hydrogens is 554 g/mol. The highest BCUT2D eigenvalue weighted by Crippen LogP contribution is 2.55. The Morgan fingerprint density at radius 1 is 1.18 bits per heavy atom. The lowest BCUT2D eigenvalue weighted by molar-refractivity contribution is -0.134. The monoisotopic (exact) mass is 578 g/mol. The fraction of sp³-hybridized carbons (Fsp3) is 0.360. The summed E-state index contributed by atoms with van der Waals surface area (Å²) in [4.78, 5) is 15.0. The Morgan fingerprint density at radius 2 is 1.92 bits per heavy atom. The smallest absolute Gasteiger partial charge is 0.286 e. The number of amidine groups is 1. The number of amides is 1. The minimum atomic E-state index is -4.42. The third-order valence-electron chi connectivity index (χ3n) is 7.92. The van der Waals surface area contributed by atoms with E-state index in [0.29, 0.717) is 0 Å². The number of rotatable bonds is 5. The third-order valence-corrected chi connectivity index (χ3v) is 9.84. The Kier molecular flexibility index (Phi) is 5.77. The SMILES string of the molecule is CS(=O)(=O)Nc1ccc2c(c1)S(=O)(=O)N=C(C1=C(O)[C@@H]3[C@@H]4CC[C@@H](C4)[C@@H]3N(Cc3cccc(F)c3F)C1=O)N2. The van der Waals surface area contributed by atoms with Gasteiger partial charge in [0, 0.05) is 29.8 Å². The zero-order chi connectivity index (χ0) is 27.9. The van der Waals surface area contributed by atoms with Crippen LogP contribution in [0.15, 0.2) is 57.0 Å². The number of aliphatic hydroxyl groups is 1. The van der Waals surface area contributed by atoms with E-state index in [2.05, 4.69) is 14.4 Å². The molecule has 2 bridgehead atoms.